The number of benzene rings is 2. The Bertz CT molecular complexity index is 729. The summed E-state index contributed by atoms with van der Waals surface area (Å²) in [4.78, 5) is 0. The van der Waals surface area contributed by atoms with E-state index in [0.29, 0.717) is 6.61 Å². The molecular weight excluding hydrogens is 306 g/mol. The molecule has 23 heavy (non-hydrogen) atoms. The zero-order chi connectivity index (χ0) is 15.9. The van der Waals surface area contributed by atoms with Gasteiger partial charge in [0.05, 0.1) is 13.2 Å². The Morgan fingerprint density at radius 2 is 1.65 bits per heavy atom. The molecule has 0 spiro atoms. The number of hydrogen-bond acceptors (Lipinski definition) is 4. The standard InChI is InChI=1S/C18H19N3OS/c1-22-13-12-21-17(16-10-6-3-7-11-16)19-20-18(21)23-14-15-8-4-2-5-9-15/h2-11H,12-14H2,1H3. The molecule has 3 aromatic rings. The van der Waals surface area contributed by atoms with Crippen LogP contribution in [0, 0.1) is 0 Å². The van der Waals surface area contributed by atoms with E-state index < -0.39 is 0 Å². The average Bonchev–Trinajstić information content (AvgIpc) is 3.02. The third-order valence-electron chi connectivity index (χ3n) is 3.48. The third kappa shape index (κ3) is 4.00. The molecule has 5 heteroatoms. The van der Waals surface area contributed by atoms with E-state index in [-0.39, 0.29) is 0 Å². The zero-order valence-electron chi connectivity index (χ0n) is 13.1. The first-order valence-corrected chi connectivity index (χ1v) is 8.51. The molecule has 0 aliphatic rings. The molecule has 0 aliphatic heterocycles. The van der Waals surface area contributed by atoms with Crippen LogP contribution in [0.1, 0.15) is 5.56 Å². The molecule has 118 valence electrons. The highest BCUT2D eigenvalue weighted by Gasteiger charge is 2.14. The fourth-order valence-corrected chi connectivity index (χ4v) is 3.22. The van der Waals surface area contributed by atoms with E-state index >= 15 is 0 Å². The van der Waals surface area contributed by atoms with Crippen molar-refractivity contribution in [2.24, 2.45) is 0 Å². The summed E-state index contributed by atoms with van der Waals surface area (Å²) in [6.45, 7) is 1.38. The van der Waals surface area contributed by atoms with Crippen LogP contribution in [0.2, 0.25) is 0 Å². The van der Waals surface area contributed by atoms with E-state index in [1.807, 2.05) is 24.3 Å². The van der Waals surface area contributed by atoms with Crippen molar-refractivity contribution in [1.29, 1.82) is 0 Å². The van der Waals surface area contributed by atoms with Gasteiger partial charge in [0.1, 0.15) is 0 Å². The van der Waals surface area contributed by atoms with Crippen LogP contribution in [0.4, 0.5) is 0 Å². The quantitative estimate of drug-likeness (QED) is 0.618. The lowest BCUT2D eigenvalue weighted by molar-refractivity contribution is 0.185. The summed E-state index contributed by atoms with van der Waals surface area (Å²) in [6.07, 6.45) is 0. The Morgan fingerprint density at radius 1 is 0.957 bits per heavy atom. The first kappa shape index (κ1) is 15.8. The molecule has 4 nitrogen and oxygen atoms in total. The van der Waals surface area contributed by atoms with Crippen LogP contribution in [-0.4, -0.2) is 28.5 Å². The summed E-state index contributed by atoms with van der Waals surface area (Å²) in [5.41, 5.74) is 2.35. The van der Waals surface area contributed by atoms with Gasteiger partial charge in [-0.25, -0.2) is 0 Å². The van der Waals surface area contributed by atoms with E-state index in [0.717, 1.165) is 28.8 Å². The van der Waals surface area contributed by atoms with Gasteiger partial charge < -0.3 is 4.74 Å². The molecule has 0 saturated heterocycles. The van der Waals surface area contributed by atoms with Crippen LogP contribution in [0.5, 0.6) is 0 Å². The Kier molecular flexibility index (Phi) is 5.45. The molecule has 0 fully saturated rings. The lowest BCUT2D eigenvalue weighted by atomic mass is 10.2. The van der Waals surface area contributed by atoms with E-state index in [1.165, 1.54) is 5.56 Å². The number of thioether (sulfide) groups is 1. The van der Waals surface area contributed by atoms with Gasteiger partial charge >= 0.3 is 0 Å². The maximum Gasteiger partial charge on any atom is 0.191 e. The molecule has 1 heterocycles. The smallest absolute Gasteiger partial charge is 0.191 e. The summed E-state index contributed by atoms with van der Waals surface area (Å²) in [7, 11) is 1.71. The highest BCUT2D eigenvalue weighted by Crippen LogP contribution is 2.26. The first-order valence-electron chi connectivity index (χ1n) is 7.53. The molecule has 0 N–H and O–H groups in total. The van der Waals surface area contributed by atoms with Gasteiger partial charge in [-0.2, -0.15) is 0 Å². The van der Waals surface area contributed by atoms with E-state index in [1.54, 1.807) is 18.9 Å². The largest absolute Gasteiger partial charge is 0.383 e. The predicted octanol–water partition coefficient (Wildman–Crippen LogP) is 3.88. The van der Waals surface area contributed by atoms with Gasteiger partial charge in [-0.3, -0.25) is 4.57 Å². The molecule has 0 aliphatic carbocycles. The highest BCUT2D eigenvalue weighted by atomic mass is 32.2. The number of ether oxygens (including phenoxy) is 1. The molecular formula is C18H19N3OS. The van der Waals surface area contributed by atoms with Crippen molar-refractivity contribution in [3.8, 4) is 11.4 Å². The zero-order valence-corrected chi connectivity index (χ0v) is 13.9. The minimum Gasteiger partial charge on any atom is -0.383 e. The normalized spacial score (nSPS) is 10.8. The van der Waals surface area contributed by atoms with Gasteiger partial charge in [0.2, 0.25) is 0 Å². The van der Waals surface area contributed by atoms with Crippen LogP contribution < -0.4 is 0 Å². The summed E-state index contributed by atoms with van der Waals surface area (Å²) < 4.78 is 7.37. The molecule has 2 aromatic carbocycles. The lowest BCUT2D eigenvalue weighted by Crippen LogP contribution is -2.07. The fourth-order valence-electron chi connectivity index (χ4n) is 2.30. The van der Waals surface area contributed by atoms with Crippen molar-refractivity contribution < 1.29 is 4.74 Å². The minimum atomic E-state index is 0.636. The van der Waals surface area contributed by atoms with Gasteiger partial charge in [0, 0.05) is 18.4 Å². The number of hydrogen-bond donors (Lipinski definition) is 0. The van der Waals surface area contributed by atoms with Crippen molar-refractivity contribution in [3.63, 3.8) is 0 Å². The number of aromatic nitrogens is 3. The molecule has 0 bridgehead atoms. The van der Waals surface area contributed by atoms with E-state index in [2.05, 4.69) is 51.2 Å². The second-order valence-corrected chi connectivity index (χ2v) is 6.03. The van der Waals surface area contributed by atoms with E-state index in [9.17, 15) is 0 Å². The molecule has 0 saturated carbocycles. The van der Waals surface area contributed by atoms with Crippen LogP contribution >= 0.6 is 11.8 Å². The van der Waals surface area contributed by atoms with Crippen LogP contribution in [-0.2, 0) is 17.0 Å². The van der Waals surface area contributed by atoms with Crippen LogP contribution in [0.15, 0.2) is 65.8 Å². The van der Waals surface area contributed by atoms with Gasteiger partial charge in [-0.1, -0.05) is 72.4 Å². The Labute approximate surface area is 140 Å². The average molecular weight is 325 g/mol. The van der Waals surface area contributed by atoms with Crippen molar-refractivity contribution >= 4 is 11.8 Å². The summed E-state index contributed by atoms with van der Waals surface area (Å²) in [5.74, 6) is 1.76. The molecule has 0 amide bonds. The van der Waals surface area contributed by atoms with Gasteiger partial charge in [0.25, 0.3) is 0 Å². The SMILES string of the molecule is COCCn1c(SCc2ccccc2)nnc1-c1ccccc1. The monoisotopic (exact) mass is 325 g/mol. The number of methoxy groups -OCH3 is 1. The lowest BCUT2D eigenvalue weighted by Gasteiger charge is -2.09. The van der Waals surface area contributed by atoms with Crippen molar-refractivity contribution in [2.45, 2.75) is 17.5 Å². The first-order chi connectivity index (χ1) is 11.4. The maximum absolute atomic E-state index is 5.24. The van der Waals surface area contributed by atoms with Crippen molar-refractivity contribution in [1.82, 2.24) is 14.8 Å². The Hall–Kier alpha value is -2.11. The number of nitrogens with zero attached hydrogens (tertiary/aromatic N) is 3. The molecule has 0 unspecified atom stereocenters. The summed E-state index contributed by atoms with van der Waals surface area (Å²) >= 11 is 1.70. The third-order valence-corrected chi connectivity index (χ3v) is 4.52. The van der Waals surface area contributed by atoms with Crippen molar-refractivity contribution in [2.75, 3.05) is 13.7 Å². The predicted molar refractivity (Wildman–Crippen MR) is 93.3 cm³/mol. The molecule has 0 atom stereocenters. The van der Waals surface area contributed by atoms with E-state index in [4.69, 9.17) is 4.74 Å². The van der Waals surface area contributed by atoms with Gasteiger partial charge in [0.15, 0.2) is 11.0 Å². The minimum absolute atomic E-state index is 0.636. The Balaban J connectivity index is 1.83. The van der Waals surface area contributed by atoms with Gasteiger partial charge in [-0.05, 0) is 5.56 Å². The highest BCUT2D eigenvalue weighted by molar-refractivity contribution is 7.98. The van der Waals surface area contributed by atoms with Crippen LogP contribution in [0.3, 0.4) is 0 Å². The molecule has 0 radical (unpaired) electrons. The maximum atomic E-state index is 5.24. The fraction of sp³-hybridized carbons (Fsp3) is 0.222. The van der Waals surface area contributed by atoms with Crippen molar-refractivity contribution in [3.05, 3.63) is 66.2 Å². The number of rotatable bonds is 7. The molecule has 1 aromatic heterocycles. The molecule has 3 rings (SSSR count). The topological polar surface area (TPSA) is 39.9 Å². The second kappa shape index (κ2) is 7.94. The summed E-state index contributed by atoms with van der Waals surface area (Å²) in [6, 6.07) is 20.5. The summed E-state index contributed by atoms with van der Waals surface area (Å²) in [5, 5.41) is 9.69. The second-order valence-electron chi connectivity index (χ2n) is 5.09. The Morgan fingerprint density at radius 3 is 2.35 bits per heavy atom. The van der Waals surface area contributed by atoms with Crippen LogP contribution in [0.25, 0.3) is 11.4 Å². The van der Waals surface area contributed by atoms with Gasteiger partial charge in [-0.15, -0.1) is 10.2 Å².